The Morgan fingerprint density at radius 2 is 2.12 bits per heavy atom. The summed E-state index contributed by atoms with van der Waals surface area (Å²) >= 11 is 0. The number of likely N-dealkylation sites (N-methyl/N-ethyl adjacent to an activating group) is 1. The Morgan fingerprint density at radius 1 is 1.44 bits per heavy atom. The van der Waals surface area contributed by atoms with Gasteiger partial charge in [0.15, 0.2) is 0 Å². The second kappa shape index (κ2) is 9.58. The Labute approximate surface area is 147 Å². The normalized spacial score (nSPS) is 12.0. The largest absolute Gasteiger partial charge is 0.507 e. The summed E-state index contributed by atoms with van der Waals surface area (Å²) in [6, 6.07) is 4.26. The molecule has 25 heavy (non-hydrogen) atoms. The molecule has 1 amide bonds. The summed E-state index contributed by atoms with van der Waals surface area (Å²) in [5.74, 6) is -0.289. The van der Waals surface area contributed by atoms with Gasteiger partial charge >= 0.3 is 0 Å². The maximum atomic E-state index is 13.6. The molecule has 0 saturated heterocycles. The first-order valence-electron chi connectivity index (χ1n) is 7.84. The highest BCUT2D eigenvalue weighted by molar-refractivity contribution is 5.96. The average Bonchev–Trinajstić information content (AvgIpc) is 2.57. The fourth-order valence-corrected chi connectivity index (χ4v) is 1.99. The number of benzene rings is 1. The molecule has 0 bridgehead atoms. The quantitative estimate of drug-likeness (QED) is 0.363. The van der Waals surface area contributed by atoms with E-state index in [4.69, 9.17) is 5.11 Å². The molecule has 1 aromatic rings. The van der Waals surface area contributed by atoms with Gasteiger partial charge in [0.1, 0.15) is 17.4 Å². The van der Waals surface area contributed by atoms with Crippen molar-refractivity contribution < 1.29 is 14.3 Å². The second-order valence-corrected chi connectivity index (χ2v) is 5.63. The summed E-state index contributed by atoms with van der Waals surface area (Å²) in [5.41, 5.74) is 1.04. The molecule has 0 radical (unpaired) electrons. The molecule has 0 fully saturated rings. The zero-order valence-corrected chi connectivity index (χ0v) is 14.8. The number of allylic oxidation sites excluding steroid dienone is 1. The molecule has 1 aromatic carbocycles. The van der Waals surface area contributed by atoms with Gasteiger partial charge in [-0.25, -0.2) is 9.38 Å². The molecule has 3 N–H and O–H groups in total. The van der Waals surface area contributed by atoms with Gasteiger partial charge in [-0.2, -0.15) is 0 Å². The van der Waals surface area contributed by atoms with Crippen molar-refractivity contribution in [3.63, 3.8) is 0 Å². The molecule has 0 saturated carbocycles. The summed E-state index contributed by atoms with van der Waals surface area (Å²) in [6.07, 6.45) is 1.19. The van der Waals surface area contributed by atoms with Crippen LogP contribution in [0.5, 0.6) is 0 Å². The summed E-state index contributed by atoms with van der Waals surface area (Å²) in [4.78, 5) is 17.6. The fourth-order valence-electron chi connectivity index (χ4n) is 1.99. The number of hydrogen-bond acceptors (Lipinski definition) is 5. The van der Waals surface area contributed by atoms with Crippen LogP contribution in [0.15, 0.2) is 47.9 Å². The van der Waals surface area contributed by atoms with Crippen LogP contribution in [-0.4, -0.2) is 43.4 Å². The Balaban J connectivity index is 2.44. The number of nitrogens with zero attached hydrogens (tertiary/aromatic N) is 2. The van der Waals surface area contributed by atoms with E-state index in [1.807, 2.05) is 0 Å². The molecule has 0 aliphatic carbocycles. The van der Waals surface area contributed by atoms with E-state index in [1.54, 1.807) is 33.0 Å². The SMILES string of the molecule is C=C(O)C=NC(=C)NCCNC(C)C(=O)N(C)c1ccc(C)c(F)c1. The van der Waals surface area contributed by atoms with Crippen molar-refractivity contribution in [3.05, 3.63) is 54.3 Å². The zero-order chi connectivity index (χ0) is 19.0. The number of aryl methyl sites for hydroxylation is 1. The van der Waals surface area contributed by atoms with Crippen molar-refractivity contribution in [2.75, 3.05) is 25.0 Å². The smallest absolute Gasteiger partial charge is 0.243 e. The van der Waals surface area contributed by atoms with E-state index in [0.717, 1.165) is 0 Å². The molecule has 0 aliphatic heterocycles. The monoisotopic (exact) mass is 348 g/mol. The highest BCUT2D eigenvalue weighted by Gasteiger charge is 2.18. The van der Waals surface area contributed by atoms with Gasteiger partial charge in [0.05, 0.1) is 12.3 Å². The van der Waals surface area contributed by atoms with Gasteiger partial charge in [-0.05, 0) is 31.5 Å². The molecule has 136 valence electrons. The number of hydrogen-bond donors (Lipinski definition) is 3. The number of aliphatic hydroxyl groups is 1. The van der Waals surface area contributed by atoms with Crippen molar-refractivity contribution in [2.45, 2.75) is 19.9 Å². The molecule has 7 heteroatoms. The zero-order valence-electron chi connectivity index (χ0n) is 14.8. The summed E-state index contributed by atoms with van der Waals surface area (Å²) < 4.78 is 13.6. The van der Waals surface area contributed by atoms with Gasteiger partial charge in [-0.15, -0.1) is 0 Å². The minimum Gasteiger partial charge on any atom is -0.507 e. The highest BCUT2D eigenvalue weighted by atomic mass is 19.1. The van der Waals surface area contributed by atoms with E-state index in [0.29, 0.717) is 30.2 Å². The average molecular weight is 348 g/mol. The molecule has 0 aliphatic rings. The molecular weight excluding hydrogens is 323 g/mol. The lowest BCUT2D eigenvalue weighted by Crippen LogP contribution is -2.45. The van der Waals surface area contributed by atoms with Gasteiger partial charge in [-0.3, -0.25) is 4.79 Å². The molecule has 1 rings (SSSR count). The predicted octanol–water partition coefficient (Wildman–Crippen LogP) is 2.28. The number of halogens is 1. The fraction of sp³-hybridized carbons (Fsp3) is 0.333. The third-order valence-electron chi connectivity index (χ3n) is 3.52. The van der Waals surface area contributed by atoms with E-state index in [1.165, 1.54) is 17.2 Å². The Kier molecular flexibility index (Phi) is 7.81. The van der Waals surface area contributed by atoms with Crippen molar-refractivity contribution in [1.82, 2.24) is 10.6 Å². The molecule has 6 nitrogen and oxygen atoms in total. The number of aliphatic imine (C=N–C) groups is 1. The number of rotatable bonds is 9. The molecule has 1 atom stereocenters. The highest BCUT2D eigenvalue weighted by Crippen LogP contribution is 2.17. The number of aliphatic hydroxyl groups excluding tert-OH is 1. The first kappa shape index (κ1) is 20.4. The predicted molar refractivity (Wildman–Crippen MR) is 99.4 cm³/mol. The minimum absolute atomic E-state index is 0.157. The van der Waals surface area contributed by atoms with E-state index in [2.05, 4.69) is 28.8 Å². The molecule has 1 unspecified atom stereocenters. The van der Waals surface area contributed by atoms with E-state index >= 15 is 0 Å². The van der Waals surface area contributed by atoms with Crippen molar-refractivity contribution >= 4 is 17.8 Å². The Bertz CT molecular complexity index is 673. The number of anilines is 1. The second-order valence-electron chi connectivity index (χ2n) is 5.63. The number of carbonyl (C=O) groups is 1. The van der Waals surface area contributed by atoms with Crippen LogP contribution < -0.4 is 15.5 Å². The summed E-state index contributed by atoms with van der Waals surface area (Å²) in [7, 11) is 1.61. The van der Waals surface area contributed by atoms with Crippen LogP contribution in [-0.2, 0) is 4.79 Å². The van der Waals surface area contributed by atoms with Crippen LogP contribution in [0, 0.1) is 12.7 Å². The van der Waals surface area contributed by atoms with Gasteiger partial charge in [-0.1, -0.05) is 19.2 Å². The standard InChI is InChI=1S/C18H25FN4O2/c1-12-6-7-16(10-17(12)19)23(5)18(25)14(3)20-8-9-21-15(4)22-11-13(2)24/h6-7,10-11,14,20-21,24H,2,4,8-9H2,1,3,5H3. The lowest BCUT2D eigenvalue weighted by Gasteiger charge is -2.22. The third kappa shape index (κ3) is 6.76. The number of carbonyl (C=O) groups excluding carboxylic acids is 1. The van der Waals surface area contributed by atoms with Crippen LogP contribution in [0.4, 0.5) is 10.1 Å². The lowest BCUT2D eigenvalue weighted by molar-refractivity contribution is -0.119. The van der Waals surface area contributed by atoms with Gasteiger partial charge < -0.3 is 20.6 Å². The van der Waals surface area contributed by atoms with E-state index in [9.17, 15) is 9.18 Å². The van der Waals surface area contributed by atoms with Crippen molar-refractivity contribution in [1.29, 1.82) is 0 Å². The minimum atomic E-state index is -0.440. The number of amides is 1. The van der Waals surface area contributed by atoms with Crippen molar-refractivity contribution in [2.24, 2.45) is 4.99 Å². The van der Waals surface area contributed by atoms with Gasteiger partial charge in [0, 0.05) is 25.8 Å². The van der Waals surface area contributed by atoms with Gasteiger partial charge in [0.2, 0.25) is 5.91 Å². The number of nitrogens with one attached hydrogen (secondary N) is 2. The maximum absolute atomic E-state index is 13.6. The molecular formula is C18H25FN4O2. The van der Waals surface area contributed by atoms with Crippen LogP contribution >= 0.6 is 0 Å². The molecule has 0 spiro atoms. The molecule has 0 aromatic heterocycles. The Morgan fingerprint density at radius 3 is 2.72 bits per heavy atom. The topological polar surface area (TPSA) is 77.0 Å². The van der Waals surface area contributed by atoms with Crippen LogP contribution in [0.2, 0.25) is 0 Å². The third-order valence-corrected chi connectivity index (χ3v) is 3.52. The van der Waals surface area contributed by atoms with Crippen molar-refractivity contribution in [3.8, 4) is 0 Å². The van der Waals surface area contributed by atoms with Crippen LogP contribution in [0.1, 0.15) is 12.5 Å². The van der Waals surface area contributed by atoms with E-state index in [-0.39, 0.29) is 17.5 Å². The van der Waals surface area contributed by atoms with Gasteiger partial charge in [0.25, 0.3) is 0 Å². The maximum Gasteiger partial charge on any atom is 0.243 e. The summed E-state index contributed by atoms with van der Waals surface area (Å²) in [6.45, 7) is 11.3. The first-order valence-corrected chi connectivity index (χ1v) is 7.84. The van der Waals surface area contributed by atoms with E-state index < -0.39 is 6.04 Å². The first-order chi connectivity index (χ1) is 11.7. The van der Waals surface area contributed by atoms with Crippen LogP contribution in [0.25, 0.3) is 0 Å². The summed E-state index contributed by atoms with van der Waals surface area (Å²) in [5, 5.41) is 14.9. The lowest BCUT2D eigenvalue weighted by atomic mass is 10.2. The van der Waals surface area contributed by atoms with Crippen LogP contribution in [0.3, 0.4) is 0 Å². The molecule has 0 heterocycles. The Hall–Kier alpha value is -2.67.